The summed E-state index contributed by atoms with van der Waals surface area (Å²) in [7, 11) is 0. The lowest BCUT2D eigenvalue weighted by atomic mass is 9.81. The number of nitrogens with one attached hydrogen (secondary N) is 1. The Labute approximate surface area is 122 Å². The molecule has 0 unspecified atom stereocenters. The van der Waals surface area contributed by atoms with Crippen molar-refractivity contribution in [3.8, 4) is 5.75 Å². The molecule has 0 bridgehead atoms. The summed E-state index contributed by atoms with van der Waals surface area (Å²) in [5.74, 6) is 0.905. The van der Waals surface area contributed by atoms with Crippen molar-refractivity contribution in [1.82, 2.24) is 5.32 Å². The van der Waals surface area contributed by atoms with Gasteiger partial charge in [0.15, 0.2) is 0 Å². The highest BCUT2D eigenvalue weighted by molar-refractivity contribution is 5.20. The Hall–Kier alpha value is -1.06. The summed E-state index contributed by atoms with van der Waals surface area (Å²) in [6.45, 7) is 10.2. The molecule has 1 heterocycles. The summed E-state index contributed by atoms with van der Waals surface area (Å²) >= 11 is 0. The van der Waals surface area contributed by atoms with Crippen LogP contribution in [0.25, 0.3) is 0 Å². The molecular weight excluding hydrogens is 250 g/mol. The van der Waals surface area contributed by atoms with Gasteiger partial charge in [-0.2, -0.15) is 0 Å². The molecular formula is C17H27NO2. The molecule has 3 heteroatoms. The van der Waals surface area contributed by atoms with Gasteiger partial charge in [-0.15, -0.1) is 0 Å². The molecule has 1 fully saturated rings. The van der Waals surface area contributed by atoms with Crippen LogP contribution in [-0.2, 0) is 4.74 Å². The molecule has 1 aliphatic heterocycles. The normalized spacial score (nSPS) is 21.6. The molecule has 0 atom stereocenters. The molecule has 1 aromatic rings. The quantitative estimate of drug-likeness (QED) is 0.837. The van der Waals surface area contributed by atoms with Crippen molar-refractivity contribution in [3.63, 3.8) is 0 Å². The number of rotatable bonds is 5. The Bertz CT molecular complexity index is 398. The fourth-order valence-electron chi connectivity index (χ4n) is 3.24. The Morgan fingerprint density at radius 3 is 2.20 bits per heavy atom. The van der Waals surface area contributed by atoms with E-state index in [-0.39, 0.29) is 11.1 Å². The molecule has 1 saturated heterocycles. The van der Waals surface area contributed by atoms with E-state index in [1.54, 1.807) is 0 Å². The van der Waals surface area contributed by atoms with E-state index in [0.29, 0.717) is 19.3 Å². The Morgan fingerprint density at radius 2 is 1.60 bits per heavy atom. The molecule has 0 saturated carbocycles. The van der Waals surface area contributed by atoms with Gasteiger partial charge in [0, 0.05) is 11.1 Å². The van der Waals surface area contributed by atoms with Crippen LogP contribution in [-0.4, -0.2) is 30.4 Å². The van der Waals surface area contributed by atoms with Crippen LogP contribution >= 0.6 is 0 Å². The van der Waals surface area contributed by atoms with Gasteiger partial charge in [0.25, 0.3) is 0 Å². The first-order valence-electron chi connectivity index (χ1n) is 7.45. The average molecular weight is 277 g/mol. The van der Waals surface area contributed by atoms with Gasteiger partial charge >= 0.3 is 0 Å². The van der Waals surface area contributed by atoms with Gasteiger partial charge in [-0.3, -0.25) is 0 Å². The van der Waals surface area contributed by atoms with Gasteiger partial charge in [0.2, 0.25) is 0 Å². The van der Waals surface area contributed by atoms with Crippen LogP contribution < -0.4 is 10.1 Å². The minimum Gasteiger partial charge on any atom is -0.491 e. The van der Waals surface area contributed by atoms with Crippen LogP contribution in [0.15, 0.2) is 30.3 Å². The van der Waals surface area contributed by atoms with Crippen molar-refractivity contribution < 1.29 is 9.47 Å². The predicted octanol–water partition coefficient (Wildman–Crippen LogP) is 3.39. The van der Waals surface area contributed by atoms with Crippen molar-refractivity contribution in [1.29, 1.82) is 0 Å². The number of benzene rings is 1. The number of piperidine rings is 1. The molecule has 0 amide bonds. The second kappa shape index (κ2) is 6.15. The molecule has 0 radical (unpaired) electrons. The third-order valence-electron chi connectivity index (χ3n) is 3.60. The van der Waals surface area contributed by atoms with Crippen molar-refractivity contribution in [2.24, 2.45) is 0 Å². The van der Waals surface area contributed by atoms with Gasteiger partial charge in [0.1, 0.15) is 12.4 Å². The van der Waals surface area contributed by atoms with Crippen molar-refractivity contribution >= 4 is 0 Å². The average Bonchev–Trinajstić information content (AvgIpc) is 2.32. The molecule has 3 nitrogen and oxygen atoms in total. The molecule has 1 N–H and O–H groups in total. The van der Waals surface area contributed by atoms with Crippen molar-refractivity contribution in [3.05, 3.63) is 30.3 Å². The van der Waals surface area contributed by atoms with Crippen LogP contribution in [0, 0.1) is 0 Å². The fraction of sp³-hybridized carbons (Fsp3) is 0.647. The molecule has 20 heavy (non-hydrogen) atoms. The summed E-state index contributed by atoms with van der Waals surface area (Å²) in [6.07, 6.45) is 2.39. The minimum absolute atomic E-state index is 0.132. The second-order valence-corrected chi connectivity index (χ2v) is 6.96. The lowest BCUT2D eigenvalue weighted by Crippen LogP contribution is -2.59. The van der Waals surface area contributed by atoms with Gasteiger partial charge in [-0.05, 0) is 52.7 Å². The van der Waals surface area contributed by atoms with Crippen LogP contribution in [0.3, 0.4) is 0 Å². The van der Waals surface area contributed by atoms with Gasteiger partial charge < -0.3 is 14.8 Å². The highest BCUT2D eigenvalue weighted by Gasteiger charge is 2.37. The molecule has 2 rings (SSSR count). The molecule has 112 valence electrons. The second-order valence-electron chi connectivity index (χ2n) is 6.96. The van der Waals surface area contributed by atoms with Gasteiger partial charge in [0.05, 0.1) is 12.7 Å². The zero-order valence-electron chi connectivity index (χ0n) is 13.1. The minimum atomic E-state index is 0.132. The van der Waals surface area contributed by atoms with E-state index >= 15 is 0 Å². The Kier molecular flexibility index (Phi) is 4.71. The van der Waals surface area contributed by atoms with E-state index in [0.717, 1.165) is 18.6 Å². The third-order valence-corrected chi connectivity index (χ3v) is 3.60. The first-order chi connectivity index (χ1) is 9.36. The van der Waals surface area contributed by atoms with Crippen molar-refractivity contribution in [2.45, 2.75) is 57.7 Å². The SMILES string of the molecule is CC1(C)CC(OCCOc2ccccc2)CC(C)(C)N1. The molecule has 0 aromatic heterocycles. The van der Waals surface area contributed by atoms with Gasteiger partial charge in [-0.1, -0.05) is 18.2 Å². The summed E-state index contributed by atoms with van der Waals surface area (Å²) in [5.41, 5.74) is 0.263. The number of ether oxygens (including phenoxy) is 2. The van der Waals surface area contributed by atoms with Crippen LogP contribution in [0.2, 0.25) is 0 Å². The molecule has 1 aliphatic rings. The molecule has 1 aromatic carbocycles. The van der Waals surface area contributed by atoms with Crippen LogP contribution in [0.4, 0.5) is 0 Å². The van der Waals surface area contributed by atoms with E-state index in [4.69, 9.17) is 9.47 Å². The zero-order valence-corrected chi connectivity index (χ0v) is 13.1. The van der Waals surface area contributed by atoms with Crippen LogP contribution in [0.1, 0.15) is 40.5 Å². The maximum absolute atomic E-state index is 6.01. The third kappa shape index (κ3) is 4.80. The standard InChI is InChI=1S/C17H27NO2/c1-16(2)12-15(13-17(3,4)18-16)20-11-10-19-14-8-6-5-7-9-14/h5-9,15,18H,10-13H2,1-4H3. The number of hydrogen-bond acceptors (Lipinski definition) is 3. The predicted molar refractivity (Wildman–Crippen MR) is 82.2 cm³/mol. The van der Waals surface area contributed by atoms with Gasteiger partial charge in [-0.25, -0.2) is 0 Å². The number of para-hydroxylation sites is 1. The lowest BCUT2D eigenvalue weighted by molar-refractivity contribution is -0.0305. The molecule has 0 spiro atoms. The van der Waals surface area contributed by atoms with Crippen molar-refractivity contribution in [2.75, 3.05) is 13.2 Å². The summed E-state index contributed by atoms with van der Waals surface area (Å²) in [4.78, 5) is 0. The zero-order chi connectivity index (χ0) is 14.6. The fourth-order valence-corrected chi connectivity index (χ4v) is 3.24. The summed E-state index contributed by atoms with van der Waals surface area (Å²) < 4.78 is 11.7. The Balaban J connectivity index is 1.74. The molecule has 0 aliphatic carbocycles. The summed E-state index contributed by atoms with van der Waals surface area (Å²) in [6, 6.07) is 9.89. The number of hydrogen-bond donors (Lipinski definition) is 1. The highest BCUT2D eigenvalue weighted by atomic mass is 16.5. The van der Waals surface area contributed by atoms with E-state index < -0.39 is 0 Å². The highest BCUT2D eigenvalue weighted by Crippen LogP contribution is 2.30. The largest absolute Gasteiger partial charge is 0.491 e. The first-order valence-corrected chi connectivity index (χ1v) is 7.45. The maximum atomic E-state index is 6.01. The topological polar surface area (TPSA) is 30.5 Å². The Morgan fingerprint density at radius 1 is 1.00 bits per heavy atom. The maximum Gasteiger partial charge on any atom is 0.119 e. The lowest BCUT2D eigenvalue weighted by Gasteiger charge is -2.46. The smallest absolute Gasteiger partial charge is 0.119 e. The monoisotopic (exact) mass is 277 g/mol. The van der Waals surface area contributed by atoms with E-state index in [1.165, 1.54) is 0 Å². The summed E-state index contributed by atoms with van der Waals surface area (Å²) in [5, 5.41) is 3.67. The van der Waals surface area contributed by atoms with Crippen LogP contribution in [0.5, 0.6) is 5.75 Å². The first kappa shape index (κ1) is 15.3. The van der Waals surface area contributed by atoms with E-state index in [2.05, 4.69) is 33.0 Å². The van der Waals surface area contributed by atoms with E-state index in [1.807, 2.05) is 30.3 Å². The van der Waals surface area contributed by atoms with E-state index in [9.17, 15) is 0 Å².